The van der Waals surface area contributed by atoms with E-state index in [1.807, 2.05) is 18.3 Å². The monoisotopic (exact) mass is 260 g/mol. The van der Waals surface area contributed by atoms with Gasteiger partial charge in [-0.1, -0.05) is 12.1 Å². The van der Waals surface area contributed by atoms with Gasteiger partial charge in [0.2, 0.25) is 0 Å². The maximum absolute atomic E-state index is 5.51. The molecule has 2 aromatic rings. The summed E-state index contributed by atoms with van der Waals surface area (Å²) in [5, 5.41) is 3.38. The highest BCUT2D eigenvalue weighted by Gasteiger charge is 1.97. The van der Waals surface area contributed by atoms with Crippen molar-refractivity contribution in [2.45, 2.75) is 13.2 Å². The average Bonchev–Trinajstić information content (AvgIpc) is 2.95. The molecule has 2 N–H and O–H groups in total. The van der Waals surface area contributed by atoms with Crippen LogP contribution in [-0.4, -0.2) is 25.3 Å². The second-order valence-electron chi connectivity index (χ2n) is 4.29. The van der Waals surface area contributed by atoms with Gasteiger partial charge in [-0.25, -0.2) is 0 Å². The number of ether oxygens (including phenoxy) is 2. The van der Waals surface area contributed by atoms with Crippen LogP contribution in [0.3, 0.4) is 0 Å². The van der Waals surface area contributed by atoms with E-state index < -0.39 is 0 Å². The maximum atomic E-state index is 5.51. The number of methoxy groups -OCH3 is 1. The van der Waals surface area contributed by atoms with Gasteiger partial charge < -0.3 is 19.8 Å². The Hall–Kier alpha value is -1.78. The molecule has 1 heterocycles. The van der Waals surface area contributed by atoms with E-state index in [1.165, 1.54) is 5.69 Å². The summed E-state index contributed by atoms with van der Waals surface area (Å²) in [7, 11) is 1.68. The Bertz CT molecular complexity index is 469. The van der Waals surface area contributed by atoms with E-state index in [4.69, 9.17) is 9.47 Å². The maximum Gasteiger partial charge on any atom is 0.0718 e. The molecule has 0 fully saturated rings. The highest BCUT2D eigenvalue weighted by molar-refractivity contribution is 5.45. The van der Waals surface area contributed by atoms with Gasteiger partial charge in [0.05, 0.1) is 26.4 Å². The Kier molecular flexibility index (Phi) is 5.47. The van der Waals surface area contributed by atoms with Crippen molar-refractivity contribution in [3.63, 3.8) is 0 Å². The number of benzene rings is 1. The second kappa shape index (κ2) is 7.61. The highest BCUT2D eigenvalue weighted by Crippen LogP contribution is 2.12. The van der Waals surface area contributed by atoms with Crippen LogP contribution in [0.5, 0.6) is 0 Å². The van der Waals surface area contributed by atoms with E-state index in [9.17, 15) is 0 Å². The molecule has 19 heavy (non-hydrogen) atoms. The molecule has 0 radical (unpaired) electrons. The number of nitrogens with one attached hydrogen (secondary N) is 2. The molecule has 4 heteroatoms. The van der Waals surface area contributed by atoms with Crippen LogP contribution < -0.4 is 5.32 Å². The molecule has 0 atom stereocenters. The summed E-state index contributed by atoms with van der Waals surface area (Å²) >= 11 is 0. The number of hydrogen-bond donors (Lipinski definition) is 2. The predicted molar refractivity (Wildman–Crippen MR) is 76.1 cm³/mol. The van der Waals surface area contributed by atoms with Crippen molar-refractivity contribution in [3.05, 3.63) is 53.9 Å². The zero-order valence-electron chi connectivity index (χ0n) is 11.2. The molecule has 0 unspecified atom stereocenters. The Morgan fingerprint density at radius 1 is 1.16 bits per heavy atom. The highest BCUT2D eigenvalue weighted by atomic mass is 16.5. The summed E-state index contributed by atoms with van der Waals surface area (Å²) in [4.78, 5) is 3.17. The first-order valence-corrected chi connectivity index (χ1v) is 6.40. The number of anilines is 1. The van der Waals surface area contributed by atoms with E-state index >= 15 is 0 Å². The fraction of sp³-hybridized carbons (Fsp3) is 0.333. The fourth-order valence-corrected chi connectivity index (χ4v) is 1.78. The van der Waals surface area contributed by atoms with E-state index in [-0.39, 0.29) is 0 Å². The molecule has 2 rings (SSSR count). The third kappa shape index (κ3) is 4.77. The Labute approximate surface area is 113 Å². The standard InChI is InChI=1S/C15H20N2O2/c1-18-8-9-19-12-13-4-2-5-14(10-13)17-11-15-6-3-7-16-15/h2-7,10,16-17H,8-9,11-12H2,1H3. The van der Waals surface area contributed by atoms with Crippen molar-refractivity contribution in [1.29, 1.82) is 0 Å². The van der Waals surface area contributed by atoms with Crippen LogP contribution in [0.2, 0.25) is 0 Å². The lowest BCUT2D eigenvalue weighted by molar-refractivity contribution is 0.0617. The normalized spacial score (nSPS) is 10.6. The van der Waals surface area contributed by atoms with Crippen molar-refractivity contribution < 1.29 is 9.47 Å². The third-order valence-corrected chi connectivity index (χ3v) is 2.77. The topological polar surface area (TPSA) is 46.3 Å². The van der Waals surface area contributed by atoms with Crippen LogP contribution in [0, 0.1) is 0 Å². The van der Waals surface area contributed by atoms with Crippen LogP contribution >= 0.6 is 0 Å². The fourth-order valence-electron chi connectivity index (χ4n) is 1.78. The average molecular weight is 260 g/mol. The van der Waals surface area contributed by atoms with E-state index in [1.54, 1.807) is 7.11 Å². The Morgan fingerprint density at radius 3 is 2.89 bits per heavy atom. The summed E-state index contributed by atoms with van der Waals surface area (Å²) in [5.41, 5.74) is 3.43. The summed E-state index contributed by atoms with van der Waals surface area (Å²) < 4.78 is 10.4. The molecule has 102 valence electrons. The first kappa shape index (κ1) is 13.6. The lowest BCUT2D eigenvalue weighted by Gasteiger charge is -2.08. The van der Waals surface area contributed by atoms with Crippen molar-refractivity contribution in [2.24, 2.45) is 0 Å². The Balaban J connectivity index is 1.81. The number of H-pyrrole nitrogens is 1. The van der Waals surface area contributed by atoms with Gasteiger partial charge in [0.15, 0.2) is 0 Å². The molecule has 0 amide bonds. The molecule has 0 aliphatic carbocycles. The molecule has 1 aromatic heterocycles. The van der Waals surface area contributed by atoms with Crippen molar-refractivity contribution in [1.82, 2.24) is 4.98 Å². The molecule has 0 aliphatic rings. The van der Waals surface area contributed by atoms with Gasteiger partial charge >= 0.3 is 0 Å². The second-order valence-corrected chi connectivity index (χ2v) is 4.29. The van der Waals surface area contributed by atoms with Crippen molar-refractivity contribution in [3.8, 4) is 0 Å². The summed E-state index contributed by atoms with van der Waals surface area (Å²) in [6, 6.07) is 12.3. The minimum atomic E-state index is 0.612. The van der Waals surface area contributed by atoms with Gasteiger partial charge in [0.1, 0.15) is 0 Å². The smallest absolute Gasteiger partial charge is 0.0718 e. The van der Waals surface area contributed by atoms with Crippen LogP contribution in [0.15, 0.2) is 42.6 Å². The van der Waals surface area contributed by atoms with Gasteiger partial charge in [-0.15, -0.1) is 0 Å². The zero-order chi connectivity index (χ0) is 13.3. The van der Waals surface area contributed by atoms with E-state index in [0.29, 0.717) is 19.8 Å². The van der Waals surface area contributed by atoms with Gasteiger partial charge in [-0.3, -0.25) is 0 Å². The van der Waals surface area contributed by atoms with Crippen LogP contribution in [-0.2, 0) is 22.6 Å². The molecular weight excluding hydrogens is 240 g/mol. The lowest BCUT2D eigenvalue weighted by atomic mass is 10.2. The molecule has 0 saturated heterocycles. The molecule has 0 bridgehead atoms. The van der Waals surface area contributed by atoms with E-state index in [2.05, 4.69) is 34.6 Å². The predicted octanol–water partition coefficient (Wildman–Crippen LogP) is 2.79. The SMILES string of the molecule is COCCOCc1cccc(NCc2ccc[nH]2)c1. The van der Waals surface area contributed by atoms with Crippen molar-refractivity contribution >= 4 is 5.69 Å². The minimum Gasteiger partial charge on any atom is -0.382 e. The lowest BCUT2D eigenvalue weighted by Crippen LogP contribution is -2.03. The quantitative estimate of drug-likeness (QED) is 0.717. The molecule has 0 spiro atoms. The van der Waals surface area contributed by atoms with Crippen LogP contribution in [0.4, 0.5) is 5.69 Å². The minimum absolute atomic E-state index is 0.612. The molecule has 0 saturated carbocycles. The van der Waals surface area contributed by atoms with Crippen LogP contribution in [0.25, 0.3) is 0 Å². The van der Waals surface area contributed by atoms with Crippen LogP contribution in [0.1, 0.15) is 11.3 Å². The number of aromatic nitrogens is 1. The number of aromatic amines is 1. The van der Waals surface area contributed by atoms with Gasteiger partial charge in [0.25, 0.3) is 0 Å². The van der Waals surface area contributed by atoms with Gasteiger partial charge in [0, 0.05) is 24.7 Å². The van der Waals surface area contributed by atoms with Gasteiger partial charge in [-0.05, 0) is 29.8 Å². The first-order chi connectivity index (χ1) is 9.38. The first-order valence-electron chi connectivity index (χ1n) is 6.40. The zero-order valence-corrected chi connectivity index (χ0v) is 11.2. The summed E-state index contributed by atoms with van der Waals surface area (Å²) in [5.74, 6) is 0. The van der Waals surface area contributed by atoms with E-state index in [0.717, 1.165) is 17.8 Å². The molecule has 4 nitrogen and oxygen atoms in total. The van der Waals surface area contributed by atoms with Gasteiger partial charge in [-0.2, -0.15) is 0 Å². The molecule has 1 aromatic carbocycles. The largest absolute Gasteiger partial charge is 0.382 e. The summed E-state index contributed by atoms with van der Waals surface area (Å²) in [6.45, 7) is 2.66. The number of hydrogen-bond acceptors (Lipinski definition) is 3. The van der Waals surface area contributed by atoms with Crippen molar-refractivity contribution in [2.75, 3.05) is 25.6 Å². The summed E-state index contributed by atoms with van der Waals surface area (Å²) in [6.07, 6.45) is 1.93. The Morgan fingerprint density at radius 2 is 2.11 bits per heavy atom. The number of rotatable bonds is 8. The molecular formula is C15H20N2O2. The third-order valence-electron chi connectivity index (χ3n) is 2.77. The molecule has 0 aliphatic heterocycles.